The van der Waals surface area contributed by atoms with Gasteiger partial charge in [0.2, 0.25) is 12.5 Å². The van der Waals surface area contributed by atoms with E-state index in [1.165, 1.54) is 7.11 Å². The van der Waals surface area contributed by atoms with E-state index in [9.17, 15) is 9.59 Å². The molecule has 0 fully saturated rings. The lowest BCUT2D eigenvalue weighted by Gasteiger charge is -2.19. The second-order valence-electron chi connectivity index (χ2n) is 7.91. The molecule has 0 spiro atoms. The van der Waals surface area contributed by atoms with E-state index in [1.54, 1.807) is 49.4 Å². The molecule has 1 N–H and O–H groups in total. The second-order valence-corrected chi connectivity index (χ2v) is 7.91. The average Bonchev–Trinajstić information content (AvgIpc) is 3.56. The van der Waals surface area contributed by atoms with Crippen LogP contribution in [0.15, 0.2) is 56.2 Å². The van der Waals surface area contributed by atoms with Gasteiger partial charge in [0.15, 0.2) is 23.4 Å². The molecular weight excluding hydrogens is 444 g/mol. The molecule has 10 nitrogen and oxygen atoms in total. The molecule has 2 aromatic carbocycles. The molecule has 2 aromatic heterocycles. The van der Waals surface area contributed by atoms with Crippen molar-refractivity contribution in [2.45, 2.75) is 18.9 Å². The van der Waals surface area contributed by atoms with Gasteiger partial charge in [-0.1, -0.05) is 17.3 Å². The van der Waals surface area contributed by atoms with Crippen molar-refractivity contribution in [3.05, 3.63) is 69.8 Å². The third-order valence-electron chi connectivity index (χ3n) is 5.83. The first-order chi connectivity index (χ1) is 16.5. The number of hydrogen-bond donors (Lipinski definition) is 1. The highest BCUT2D eigenvalue weighted by atomic mass is 16.7. The Balaban J connectivity index is 1.52. The Labute approximate surface area is 192 Å². The Bertz CT molecular complexity index is 1500. The number of hydrogen-bond acceptors (Lipinski definition) is 9. The maximum absolute atomic E-state index is 13.4. The number of amides is 1. The van der Waals surface area contributed by atoms with Crippen molar-refractivity contribution >= 4 is 22.7 Å². The highest BCUT2D eigenvalue weighted by Crippen LogP contribution is 2.49. The molecule has 0 bridgehead atoms. The first kappa shape index (κ1) is 20.2. The van der Waals surface area contributed by atoms with Gasteiger partial charge in [-0.15, -0.1) is 0 Å². The zero-order valence-corrected chi connectivity index (χ0v) is 18.1. The van der Waals surface area contributed by atoms with Crippen LogP contribution in [-0.4, -0.2) is 31.1 Å². The van der Waals surface area contributed by atoms with Crippen LogP contribution in [0.1, 0.15) is 22.8 Å². The lowest BCUT2D eigenvalue weighted by molar-refractivity contribution is -0.122. The molecule has 0 saturated heterocycles. The zero-order valence-electron chi connectivity index (χ0n) is 18.1. The van der Waals surface area contributed by atoms with Gasteiger partial charge in [-0.3, -0.25) is 4.79 Å². The van der Waals surface area contributed by atoms with Crippen molar-refractivity contribution in [1.82, 2.24) is 5.16 Å². The molecule has 0 radical (unpaired) electrons. The van der Waals surface area contributed by atoms with Gasteiger partial charge >= 0.3 is 5.63 Å². The molecule has 172 valence electrons. The highest BCUT2D eigenvalue weighted by molar-refractivity contribution is 5.97. The van der Waals surface area contributed by atoms with Crippen LogP contribution >= 0.6 is 0 Å². The standard InChI is InChI=1S/C24H18N2O8/c1-11-7-17(26-34-11)25-23(27)22-18(12-8-15(29-2)21-16(9-12)30-10-31-21)19-20(33-22)13-5-3-4-6-14(13)32-24(19)28/h3-9,18,22H,10H2,1-2H3,(H,25,26,27)/t18-,22-/m1/s1. The van der Waals surface area contributed by atoms with Crippen molar-refractivity contribution < 1.29 is 32.7 Å². The van der Waals surface area contributed by atoms with Gasteiger partial charge in [0.05, 0.1) is 24.0 Å². The van der Waals surface area contributed by atoms with E-state index >= 15 is 0 Å². The molecule has 0 unspecified atom stereocenters. The van der Waals surface area contributed by atoms with Crippen LogP contribution in [-0.2, 0) is 4.79 Å². The number of aromatic nitrogens is 1. The summed E-state index contributed by atoms with van der Waals surface area (Å²) in [5, 5.41) is 7.10. The molecule has 10 heteroatoms. The fourth-order valence-corrected chi connectivity index (χ4v) is 4.38. The first-order valence-electron chi connectivity index (χ1n) is 10.5. The summed E-state index contributed by atoms with van der Waals surface area (Å²) in [5.74, 6) is 1.06. The van der Waals surface area contributed by atoms with Crippen LogP contribution in [0.3, 0.4) is 0 Å². The van der Waals surface area contributed by atoms with Gasteiger partial charge in [-0.2, -0.15) is 0 Å². The Morgan fingerprint density at radius 1 is 1.15 bits per heavy atom. The fraction of sp³-hybridized carbons (Fsp3) is 0.208. The SMILES string of the molecule is COc1cc([C@@H]2c3c(c4ccccc4oc3=O)O[C@H]2C(=O)Nc2cc(C)on2)cc2c1OCO2. The summed E-state index contributed by atoms with van der Waals surface area (Å²) in [7, 11) is 1.50. The molecule has 2 aliphatic heterocycles. The molecule has 4 aromatic rings. The number of para-hydroxylation sites is 1. The summed E-state index contributed by atoms with van der Waals surface area (Å²) >= 11 is 0. The Hall–Kier alpha value is -4.47. The van der Waals surface area contributed by atoms with Crippen LogP contribution in [0.5, 0.6) is 23.0 Å². The number of aryl methyl sites for hydroxylation is 1. The number of fused-ring (bicyclic) bond motifs is 4. The number of benzene rings is 2. The van der Waals surface area contributed by atoms with E-state index in [1.807, 2.05) is 0 Å². The predicted octanol–water partition coefficient (Wildman–Crippen LogP) is 3.36. The molecule has 4 heterocycles. The lowest BCUT2D eigenvalue weighted by Crippen LogP contribution is -2.35. The number of anilines is 1. The Kier molecular flexibility index (Phi) is 4.47. The topological polar surface area (TPSA) is 122 Å². The summed E-state index contributed by atoms with van der Waals surface area (Å²) in [5.41, 5.74) is 0.569. The molecule has 6 rings (SSSR count). The van der Waals surface area contributed by atoms with E-state index in [0.717, 1.165) is 0 Å². The normalized spacial score (nSPS) is 17.9. The number of carbonyl (C=O) groups is 1. The Morgan fingerprint density at radius 2 is 2.00 bits per heavy atom. The molecule has 0 saturated carbocycles. The minimum atomic E-state index is -1.11. The van der Waals surface area contributed by atoms with Crippen LogP contribution in [0, 0.1) is 6.92 Å². The second kappa shape index (κ2) is 7.55. The van der Waals surface area contributed by atoms with Crippen molar-refractivity contribution in [2.75, 3.05) is 19.2 Å². The minimum Gasteiger partial charge on any atom is -0.493 e. The molecule has 2 atom stereocenters. The third-order valence-corrected chi connectivity index (χ3v) is 5.83. The Morgan fingerprint density at radius 3 is 2.79 bits per heavy atom. The van der Waals surface area contributed by atoms with Gasteiger partial charge in [0.1, 0.15) is 17.1 Å². The van der Waals surface area contributed by atoms with Crippen LogP contribution < -0.4 is 29.9 Å². The van der Waals surface area contributed by atoms with E-state index in [4.69, 9.17) is 27.9 Å². The smallest absolute Gasteiger partial charge is 0.344 e. The molecular formula is C24H18N2O8. The van der Waals surface area contributed by atoms with Crippen LogP contribution in [0.2, 0.25) is 0 Å². The average molecular weight is 462 g/mol. The molecule has 2 aliphatic rings. The van der Waals surface area contributed by atoms with E-state index in [2.05, 4.69) is 10.5 Å². The van der Waals surface area contributed by atoms with Gasteiger partial charge in [0, 0.05) is 6.07 Å². The summed E-state index contributed by atoms with van der Waals surface area (Å²) in [4.78, 5) is 26.5. The summed E-state index contributed by atoms with van der Waals surface area (Å²) in [6.45, 7) is 1.75. The number of rotatable bonds is 4. The van der Waals surface area contributed by atoms with Crippen LogP contribution in [0.25, 0.3) is 11.0 Å². The lowest BCUT2D eigenvalue weighted by atomic mass is 9.87. The van der Waals surface area contributed by atoms with Gasteiger partial charge in [-0.05, 0) is 36.8 Å². The van der Waals surface area contributed by atoms with Crippen molar-refractivity contribution in [3.63, 3.8) is 0 Å². The van der Waals surface area contributed by atoms with Gasteiger partial charge < -0.3 is 33.2 Å². The van der Waals surface area contributed by atoms with E-state index in [0.29, 0.717) is 45.3 Å². The molecule has 1 amide bonds. The number of ether oxygens (including phenoxy) is 4. The number of nitrogens with one attached hydrogen (secondary N) is 1. The van der Waals surface area contributed by atoms with E-state index in [-0.39, 0.29) is 18.2 Å². The summed E-state index contributed by atoms with van der Waals surface area (Å²) < 4.78 is 33.3. The number of nitrogens with zero attached hydrogens (tertiary/aromatic N) is 1. The maximum atomic E-state index is 13.4. The highest BCUT2D eigenvalue weighted by Gasteiger charge is 2.45. The molecule has 0 aliphatic carbocycles. The zero-order chi connectivity index (χ0) is 23.4. The third kappa shape index (κ3) is 3.06. The van der Waals surface area contributed by atoms with Gasteiger partial charge in [0.25, 0.3) is 5.91 Å². The minimum absolute atomic E-state index is 0.0368. The van der Waals surface area contributed by atoms with Crippen molar-refractivity contribution in [3.8, 4) is 23.0 Å². The summed E-state index contributed by atoms with van der Waals surface area (Å²) in [6, 6.07) is 12.0. The predicted molar refractivity (Wildman–Crippen MR) is 118 cm³/mol. The van der Waals surface area contributed by atoms with Crippen LogP contribution in [0.4, 0.5) is 5.82 Å². The van der Waals surface area contributed by atoms with Crippen molar-refractivity contribution in [2.24, 2.45) is 0 Å². The summed E-state index contributed by atoms with van der Waals surface area (Å²) in [6.07, 6.45) is -1.11. The van der Waals surface area contributed by atoms with Gasteiger partial charge in [-0.25, -0.2) is 4.79 Å². The molecule has 34 heavy (non-hydrogen) atoms. The van der Waals surface area contributed by atoms with Crippen molar-refractivity contribution in [1.29, 1.82) is 0 Å². The quantitative estimate of drug-likeness (QED) is 0.455. The number of methoxy groups -OCH3 is 1. The monoisotopic (exact) mass is 462 g/mol. The number of carbonyl (C=O) groups excluding carboxylic acids is 1. The maximum Gasteiger partial charge on any atom is 0.344 e. The fourth-order valence-electron chi connectivity index (χ4n) is 4.38. The first-order valence-corrected chi connectivity index (χ1v) is 10.5. The largest absolute Gasteiger partial charge is 0.493 e. The van der Waals surface area contributed by atoms with E-state index < -0.39 is 23.6 Å².